The Morgan fingerprint density at radius 2 is 1.96 bits per heavy atom. The third kappa shape index (κ3) is 3.08. The van der Waals surface area contributed by atoms with Crippen LogP contribution in [-0.2, 0) is 11.2 Å². The van der Waals surface area contributed by atoms with E-state index in [2.05, 4.69) is 10.6 Å². The van der Waals surface area contributed by atoms with E-state index < -0.39 is 0 Å². The Morgan fingerprint density at radius 3 is 2.83 bits per heavy atom. The number of nitrogens with one attached hydrogen (secondary N) is 2. The minimum absolute atomic E-state index is 0.0230. The number of rotatable bonds is 3. The molecule has 0 aliphatic carbocycles. The molecular weight excluding hydrogens is 304 g/mol. The Morgan fingerprint density at radius 1 is 1.08 bits per heavy atom. The molecule has 2 aliphatic heterocycles. The Balaban J connectivity index is 1.40. The van der Waals surface area contributed by atoms with Gasteiger partial charge < -0.3 is 20.1 Å². The van der Waals surface area contributed by atoms with Gasteiger partial charge in [-0.15, -0.1) is 0 Å². The summed E-state index contributed by atoms with van der Waals surface area (Å²) < 4.78 is 11.3. The Labute approximate surface area is 141 Å². The number of carbonyl (C=O) groups excluding carboxylic acids is 1. The largest absolute Gasteiger partial charge is 0.493 e. The second-order valence-electron chi connectivity index (χ2n) is 6.12. The highest BCUT2D eigenvalue weighted by Crippen LogP contribution is 2.30. The molecule has 1 fully saturated rings. The molecule has 2 N–H and O–H groups in total. The Kier molecular flexibility index (Phi) is 4.09. The third-order valence-electron chi connectivity index (χ3n) is 4.48. The van der Waals surface area contributed by atoms with Gasteiger partial charge in [-0.2, -0.15) is 0 Å². The number of carbonyl (C=O) groups is 1. The summed E-state index contributed by atoms with van der Waals surface area (Å²) in [6, 6.07) is 15.5. The van der Waals surface area contributed by atoms with Crippen molar-refractivity contribution in [1.82, 2.24) is 5.32 Å². The highest BCUT2D eigenvalue weighted by Gasteiger charge is 2.30. The highest BCUT2D eigenvalue weighted by atomic mass is 16.5. The van der Waals surface area contributed by atoms with Crippen LogP contribution in [0.1, 0.15) is 23.7 Å². The third-order valence-corrected chi connectivity index (χ3v) is 4.48. The first-order chi connectivity index (χ1) is 11.8. The van der Waals surface area contributed by atoms with E-state index >= 15 is 0 Å². The highest BCUT2D eigenvalue weighted by molar-refractivity contribution is 5.89. The van der Waals surface area contributed by atoms with E-state index in [0.717, 1.165) is 35.4 Å². The van der Waals surface area contributed by atoms with Crippen molar-refractivity contribution in [2.45, 2.75) is 25.0 Å². The molecule has 5 nitrogen and oxygen atoms in total. The van der Waals surface area contributed by atoms with E-state index in [1.807, 2.05) is 48.5 Å². The summed E-state index contributed by atoms with van der Waals surface area (Å²) in [6.45, 7) is 1.36. The number of ether oxygens (including phenoxy) is 2. The first-order valence-electron chi connectivity index (χ1n) is 8.29. The number of urea groups is 1. The fourth-order valence-corrected chi connectivity index (χ4v) is 3.31. The molecule has 1 saturated heterocycles. The first-order valence-corrected chi connectivity index (χ1v) is 8.29. The van der Waals surface area contributed by atoms with E-state index in [9.17, 15) is 4.79 Å². The van der Waals surface area contributed by atoms with Gasteiger partial charge in [0.2, 0.25) is 0 Å². The number of fused-ring (bicyclic) bond motifs is 1. The van der Waals surface area contributed by atoms with E-state index in [-0.39, 0.29) is 18.2 Å². The predicted octanol–water partition coefficient (Wildman–Crippen LogP) is 3.27. The lowest BCUT2D eigenvalue weighted by Crippen LogP contribution is -2.39. The zero-order chi connectivity index (χ0) is 16.4. The summed E-state index contributed by atoms with van der Waals surface area (Å²) in [5, 5.41) is 5.95. The molecule has 0 aromatic heterocycles. The van der Waals surface area contributed by atoms with Crippen LogP contribution in [0.4, 0.5) is 10.5 Å². The molecule has 0 spiro atoms. The van der Waals surface area contributed by atoms with E-state index in [4.69, 9.17) is 9.47 Å². The van der Waals surface area contributed by atoms with Gasteiger partial charge in [-0.25, -0.2) is 4.79 Å². The van der Waals surface area contributed by atoms with Crippen molar-refractivity contribution < 1.29 is 14.3 Å². The standard InChI is InChI=1S/C19H20N2O3/c22-19(20-15-6-7-17-14(12-15)8-10-23-17)21-16-9-11-24-18(16)13-4-2-1-3-5-13/h1-7,12,16,18H,8-11H2,(H2,20,21,22)/t16-,18+/m1/s1. The molecule has 2 aliphatic rings. The molecular formula is C19H20N2O3. The number of anilines is 1. The average molecular weight is 324 g/mol. The monoisotopic (exact) mass is 324 g/mol. The van der Waals surface area contributed by atoms with Gasteiger partial charge in [0.15, 0.2) is 0 Å². The second-order valence-corrected chi connectivity index (χ2v) is 6.12. The van der Waals surface area contributed by atoms with E-state index in [1.54, 1.807) is 0 Å². The number of benzene rings is 2. The summed E-state index contributed by atoms with van der Waals surface area (Å²) in [6.07, 6.45) is 1.61. The van der Waals surface area contributed by atoms with Gasteiger partial charge in [0.05, 0.1) is 12.6 Å². The lowest BCUT2D eigenvalue weighted by molar-refractivity contribution is 0.100. The van der Waals surface area contributed by atoms with Crippen LogP contribution in [0.2, 0.25) is 0 Å². The Bertz CT molecular complexity index is 733. The minimum atomic E-state index is -0.203. The molecule has 2 atom stereocenters. The molecule has 2 aromatic rings. The normalized spacial score (nSPS) is 21.8. The smallest absolute Gasteiger partial charge is 0.319 e. The van der Waals surface area contributed by atoms with Gasteiger partial charge in [-0.1, -0.05) is 30.3 Å². The molecule has 4 rings (SSSR count). The van der Waals surface area contributed by atoms with Crippen LogP contribution in [0.5, 0.6) is 5.75 Å². The summed E-state index contributed by atoms with van der Waals surface area (Å²) in [5.41, 5.74) is 3.01. The number of hydrogen-bond acceptors (Lipinski definition) is 3. The molecule has 5 heteroatoms. The molecule has 0 bridgehead atoms. The number of amides is 2. The SMILES string of the molecule is O=C(Nc1ccc2c(c1)CCO2)N[C@@H]1CCO[C@H]1c1ccccc1. The molecule has 2 amide bonds. The maximum absolute atomic E-state index is 12.3. The van der Waals surface area contributed by atoms with Crippen molar-refractivity contribution >= 4 is 11.7 Å². The van der Waals surface area contributed by atoms with Crippen molar-refractivity contribution in [2.75, 3.05) is 18.5 Å². The fourth-order valence-electron chi connectivity index (χ4n) is 3.31. The maximum atomic E-state index is 12.3. The topological polar surface area (TPSA) is 59.6 Å². The van der Waals surface area contributed by atoms with Crippen LogP contribution in [0.25, 0.3) is 0 Å². The lowest BCUT2D eigenvalue weighted by Gasteiger charge is -2.20. The summed E-state index contributed by atoms with van der Waals surface area (Å²) >= 11 is 0. The average Bonchev–Trinajstić information content (AvgIpc) is 3.24. The molecule has 0 radical (unpaired) electrons. The van der Waals surface area contributed by atoms with Gasteiger partial charge >= 0.3 is 6.03 Å². The van der Waals surface area contributed by atoms with Crippen molar-refractivity contribution in [3.05, 3.63) is 59.7 Å². The molecule has 2 aromatic carbocycles. The van der Waals surface area contributed by atoms with Gasteiger partial charge in [-0.05, 0) is 35.7 Å². The van der Waals surface area contributed by atoms with Crippen molar-refractivity contribution in [3.63, 3.8) is 0 Å². The van der Waals surface area contributed by atoms with Crippen molar-refractivity contribution in [2.24, 2.45) is 0 Å². The zero-order valence-corrected chi connectivity index (χ0v) is 13.3. The first kappa shape index (κ1) is 15.0. The van der Waals surface area contributed by atoms with Gasteiger partial charge in [0, 0.05) is 18.7 Å². The van der Waals surface area contributed by atoms with Crippen molar-refractivity contribution in [3.8, 4) is 5.75 Å². The predicted molar refractivity (Wildman–Crippen MR) is 91.3 cm³/mol. The molecule has 24 heavy (non-hydrogen) atoms. The minimum Gasteiger partial charge on any atom is -0.493 e. The van der Waals surface area contributed by atoms with E-state index in [0.29, 0.717) is 13.2 Å². The van der Waals surface area contributed by atoms with Crippen LogP contribution < -0.4 is 15.4 Å². The zero-order valence-electron chi connectivity index (χ0n) is 13.3. The molecule has 0 saturated carbocycles. The maximum Gasteiger partial charge on any atom is 0.319 e. The number of hydrogen-bond donors (Lipinski definition) is 2. The van der Waals surface area contributed by atoms with Gasteiger partial charge in [0.25, 0.3) is 0 Å². The van der Waals surface area contributed by atoms with Crippen LogP contribution in [0.15, 0.2) is 48.5 Å². The summed E-state index contributed by atoms with van der Waals surface area (Å²) in [5.74, 6) is 0.911. The fraction of sp³-hybridized carbons (Fsp3) is 0.316. The summed E-state index contributed by atoms with van der Waals surface area (Å²) in [4.78, 5) is 12.3. The second kappa shape index (κ2) is 6.53. The Hall–Kier alpha value is -2.53. The molecule has 0 unspecified atom stereocenters. The van der Waals surface area contributed by atoms with Crippen LogP contribution in [0.3, 0.4) is 0 Å². The van der Waals surface area contributed by atoms with Gasteiger partial charge in [-0.3, -0.25) is 0 Å². The summed E-state index contributed by atoms with van der Waals surface area (Å²) in [7, 11) is 0. The van der Waals surface area contributed by atoms with E-state index in [1.165, 1.54) is 0 Å². The quantitative estimate of drug-likeness (QED) is 0.911. The van der Waals surface area contributed by atoms with Gasteiger partial charge in [0.1, 0.15) is 11.9 Å². The molecule has 2 heterocycles. The molecule has 124 valence electrons. The van der Waals surface area contributed by atoms with Crippen molar-refractivity contribution in [1.29, 1.82) is 0 Å². The van der Waals surface area contributed by atoms with Crippen LogP contribution in [-0.4, -0.2) is 25.3 Å². The lowest BCUT2D eigenvalue weighted by atomic mass is 10.0. The van der Waals surface area contributed by atoms with Crippen LogP contribution >= 0.6 is 0 Å². The van der Waals surface area contributed by atoms with Crippen LogP contribution in [0, 0.1) is 0 Å².